The number of ether oxygens (including phenoxy) is 1. The Morgan fingerprint density at radius 1 is 1.11 bits per heavy atom. The Labute approximate surface area is 164 Å². The number of allylic oxidation sites excluding steroid dienone is 2. The first-order valence-corrected chi connectivity index (χ1v) is 10.2. The third-order valence-electron chi connectivity index (χ3n) is 4.55. The molecule has 0 aliphatic carbocycles. The molecule has 27 heavy (non-hydrogen) atoms. The van der Waals surface area contributed by atoms with Crippen LogP contribution in [0.25, 0.3) is 0 Å². The molecule has 3 rings (SSSR count). The monoisotopic (exact) mass is 383 g/mol. The largest absolute Gasteiger partial charge is 0.491 e. The van der Waals surface area contributed by atoms with Gasteiger partial charge < -0.3 is 19.8 Å². The fourth-order valence-corrected chi connectivity index (χ4v) is 3.54. The molecule has 1 heterocycles. The zero-order valence-electron chi connectivity index (χ0n) is 15.4. The molecule has 2 unspecified atom stereocenters. The van der Waals surface area contributed by atoms with Gasteiger partial charge in [0, 0.05) is 17.6 Å². The van der Waals surface area contributed by atoms with Gasteiger partial charge in [-0.05, 0) is 41.7 Å². The molecule has 2 N–H and O–H groups in total. The van der Waals surface area contributed by atoms with E-state index in [-0.39, 0.29) is 12.6 Å². The van der Waals surface area contributed by atoms with Crippen molar-refractivity contribution in [1.82, 2.24) is 4.90 Å². The van der Waals surface area contributed by atoms with E-state index < -0.39 is 6.10 Å². The van der Waals surface area contributed by atoms with Crippen LogP contribution in [0.5, 0.6) is 0 Å². The minimum Gasteiger partial charge on any atom is -0.491 e. The summed E-state index contributed by atoms with van der Waals surface area (Å²) in [6.45, 7) is 0.861. The van der Waals surface area contributed by atoms with Crippen LogP contribution < -0.4 is 0 Å². The molecule has 1 aliphatic heterocycles. The molecule has 0 amide bonds. The van der Waals surface area contributed by atoms with Gasteiger partial charge in [-0.3, -0.25) is 0 Å². The molecule has 2 atom stereocenters. The number of rotatable bonds is 8. The Hall–Kier alpha value is -2.21. The lowest BCUT2D eigenvalue weighted by Crippen LogP contribution is -2.41. The maximum absolute atomic E-state index is 11.1. The molecular formula is C22H25NO3S. The Kier molecular flexibility index (Phi) is 6.98. The van der Waals surface area contributed by atoms with Crippen LogP contribution in [0.1, 0.15) is 17.2 Å². The van der Waals surface area contributed by atoms with Crippen molar-refractivity contribution in [1.29, 1.82) is 0 Å². The van der Waals surface area contributed by atoms with Crippen molar-refractivity contribution in [2.75, 3.05) is 19.4 Å². The van der Waals surface area contributed by atoms with Crippen molar-refractivity contribution < 1.29 is 14.9 Å². The topological polar surface area (TPSA) is 52.9 Å². The van der Waals surface area contributed by atoms with Gasteiger partial charge in [0.15, 0.2) is 0 Å². The highest BCUT2D eigenvalue weighted by Crippen LogP contribution is 2.31. The van der Waals surface area contributed by atoms with E-state index in [0.29, 0.717) is 18.9 Å². The second kappa shape index (κ2) is 9.65. The van der Waals surface area contributed by atoms with Gasteiger partial charge in [-0.15, -0.1) is 11.8 Å². The highest BCUT2D eigenvalue weighted by molar-refractivity contribution is 7.98. The number of benzene rings is 2. The molecule has 1 aliphatic rings. The van der Waals surface area contributed by atoms with Gasteiger partial charge in [0.2, 0.25) is 0 Å². The second-order valence-electron chi connectivity index (χ2n) is 6.31. The zero-order chi connectivity index (χ0) is 19.1. The van der Waals surface area contributed by atoms with E-state index in [4.69, 9.17) is 4.74 Å². The summed E-state index contributed by atoms with van der Waals surface area (Å²) < 4.78 is 6.07. The molecule has 5 heteroatoms. The number of β-amino-alcohol motifs (C(OH)–C–C–N with tert-alkyl or cyclic N) is 1. The summed E-state index contributed by atoms with van der Waals surface area (Å²) in [6.07, 6.45) is 6.92. The number of hydrogen-bond donors (Lipinski definition) is 2. The highest BCUT2D eigenvalue weighted by atomic mass is 32.2. The second-order valence-corrected chi connectivity index (χ2v) is 7.19. The number of aliphatic hydroxyl groups is 2. The number of hydrogen-bond acceptors (Lipinski definition) is 5. The summed E-state index contributed by atoms with van der Waals surface area (Å²) in [4.78, 5) is 3.07. The van der Waals surface area contributed by atoms with Gasteiger partial charge in [-0.1, -0.05) is 42.5 Å². The molecular weight excluding hydrogens is 358 g/mol. The first kappa shape index (κ1) is 19.5. The third kappa shape index (κ3) is 4.95. The van der Waals surface area contributed by atoms with Crippen LogP contribution in [-0.4, -0.2) is 40.6 Å². The third-order valence-corrected chi connectivity index (χ3v) is 5.29. The Balaban J connectivity index is 1.80. The molecule has 0 spiro atoms. The van der Waals surface area contributed by atoms with Crippen LogP contribution in [0.2, 0.25) is 0 Å². The predicted molar refractivity (Wildman–Crippen MR) is 109 cm³/mol. The fraction of sp³-hybridized carbons (Fsp3) is 0.273. The lowest BCUT2D eigenvalue weighted by molar-refractivity contribution is 0.0374. The van der Waals surface area contributed by atoms with E-state index in [9.17, 15) is 10.2 Å². The lowest BCUT2D eigenvalue weighted by Gasteiger charge is -2.37. The maximum atomic E-state index is 11.1. The summed E-state index contributed by atoms with van der Waals surface area (Å²) in [6, 6.07) is 17.5. The molecule has 2 aromatic rings. The van der Waals surface area contributed by atoms with Crippen LogP contribution in [0.3, 0.4) is 0 Å². The van der Waals surface area contributed by atoms with Crippen molar-refractivity contribution in [2.24, 2.45) is 0 Å². The van der Waals surface area contributed by atoms with Crippen LogP contribution >= 0.6 is 11.8 Å². The van der Waals surface area contributed by atoms with E-state index >= 15 is 0 Å². The van der Waals surface area contributed by atoms with E-state index in [2.05, 4.69) is 0 Å². The van der Waals surface area contributed by atoms with Crippen LogP contribution in [-0.2, 0) is 11.3 Å². The average molecular weight is 384 g/mol. The van der Waals surface area contributed by atoms with Gasteiger partial charge in [0.05, 0.1) is 6.61 Å². The summed E-state index contributed by atoms with van der Waals surface area (Å²) >= 11 is 1.67. The molecule has 2 aromatic carbocycles. The van der Waals surface area contributed by atoms with Crippen molar-refractivity contribution in [3.63, 3.8) is 0 Å². The normalized spacial score (nSPS) is 17.5. The summed E-state index contributed by atoms with van der Waals surface area (Å²) in [7, 11) is 0. The SMILES string of the molecule is CSc1ccc(C(O)C2C(OCc3ccccc3)=CC=CN2CCO)cc1. The molecule has 142 valence electrons. The van der Waals surface area contributed by atoms with Gasteiger partial charge in [-0.2, -0.15) is 0 Å². The smallest absolute Gasteiger partial charge is 0.122 e. The summed E-state index contributed by atoms with van der Waals surface area (Å²) in [5.41, 5.74) is 1.89. The minimum absolute atomic E-state index is 0.00490. The van der Waals surface area contributed by atoms with Gasteiger partial charge >= 0.3 is 0 Å². The van der Waals surface area contributed by atoms with Gasteiger partial charge in [0.1, 0.15) is 24.5 Å². The van der Waals surface area contributed by atoms with Gasteiger partial charge in [0.25, 0.3) is 0 Å². The van der Waals surface area contributed by atoms with E-state index in [1.54, 1.807) is 11.8 Å². The molecule has 0 fully saturated rings. The number of nitrogens with zero attached hydrogens (tertiary/aromatic N) is 1. The quantitative estimate of drug-likeness (QED) is 0.680. The van der Waals surface area contributed by atoms with E-state index in [1.165, 1.54) is 0 Å². The molecule has 0 saturated carbocycles. The standard InChI is InChI=1S/C22H25NO3S/c1-27-19-11-9-18(10-12-19)22(25)21-20(8-5-13-23(21)14-15-24)26-16-17-6-3-2-4-7-17/h2-13,21-22,24-25H,14-16H2,1H3. The average Bonchev–Trinajstić information content (AvgIpc) is 2.73. The number of thioether (sulfide) groups is 1. The van der Waals surface area contributed by atoms with Crippen molar-refractivity contribution in [2.45, 2.75) is 23.6 Å². The first-order valence-electron chi connectivity index (χ1n) is 8.96. The van der Waals surface area contributed by atoms with E-state index in [1.807, 2.05) is 84.1 Å². The molecule has 0 bridgehead atoms. The Bertz CT molecular complexity index is 774. The highest BCUT2D eigenvalue weighted by Gasteiger charge is 2.31. The van der Waals surface area contributed by atoms with Gasteiger partial charge in [-0.25, -0.2) is 0 Å². The Morgan fingerprint density at radius 2 is 1.85 bits per heavy atom. The van der Waals surface area contributed by atoms with Crippen LogP contribution in [0.4, 0.5) is 0 Å². The fourth-order valence-electron chi connectivity index (χ4n) is 3.13. The summed E-state index contributed by atoms with van der Waals surface area (Å²) in [5.74, 6) is 0.691. The maximum Gasteiger partial charge on any atom is 0.122 e. The summed E-state index contributed by atoms with van der Waals surface area (Å²) in [5, 5.41) is 20.5. The zero-order valence-corrected chi connectivity index (χ0v) is 16.2. The van der Waals surface area contributed by atoms with Crippen molar-refractivity contribution in [3.05, 3.63) is 89.8 Å². The lowest BCUT2D eigenvalue weighted by atomic mass is 9.97. The number of aliphatic hydroxyl groups excluding tert-OH is 2. The predicted octanol–water partition coefficient (Wildman–Crippen LogP) is 3.73. The van der Waals surface area contributed by atoms with E-state index in [0.717, 1.165) is 16.0 Å². The van der Waals surface area contributed by atoms with Crippen molar-refractivity contribution >= 4 is 11.8 Å². The first-order chi connectivity index (χ1) is 13.2. The molecule has 0 aromatic heterocycles. The van der Waals surface area contributed by atoms with Crippen LogP contribution in [0.15, 0.2) is 83.6 Å². The Morgan fingerprint density at radius 3 is 2.52 bits per heavy atom. The molecule has 4 nitrogen and oxygen atoms in total. The van der Waals surface area contributed by atoms with Crippen LogP contribution in [0, 0.1) is 0 Å². The molecule has 0 radical (unpaired) electrons. The minimum atomic E-state index is -0.764. The van der Waals surface area contributed by atoms with Crippen molar-refractivity contribution in [3.8, 4) is 0 Å². The molecule has 0 saturated heterocycles.